The lowest BCUT2D eigenvalue weighted by Gasteiger charge is -2.36. The Kier molecular flexibility index (Phi) is 8.90. The number of nitrogens with one attached hydrogen (secondary N) is 1. The quantitative estimate of drug-likeness (QED) is 0.479. The van der Waals surface area contributed by atoms with Crippen LogP contribution in [0.25, 0.3) is 0 Å². The summed E-state index contributed by atoms with van der Waals surface area (Å²) in [6.07, 6.45) is 2.01. The first-order valence-electron chi connectivity index (χ1n) is 13.5. The third-order valence-electron chi connectivity index (χ3n) is 7.57. The number of halogens is 1. The van der Waals surface area contributed by atoms with Gasteiger partial charge in [-0.2, -0.15) is 0 Å². The third kappa shape index (κ3) is 7.20. The minimum absolute atomic E-state index is 0.130. The molecule has 37 heavy (non-hydrogen) atoms. The zero-order valence-electron chi connectivity index (χ0n) is 21.5. The van der Waals surface area contributed by atoms with Gasteiger partial charge in [-0.3, -0.25) is 14.6 Å². The Morgan fingerprint density at radius 1 is 0.811 bits per heavy atom. The number of carbonyl (C=O) groups is 1. The van der Waals surface area contributed by atoms with Crippen molar-refractivity contribution in [2.24, 2.45) is 0 Å². The van der Waals surface area contributed by atoms with Crippen LogP contribution >= 0.6 is 11.6 Å². The van der Waals surface area contributed by atoms with Crippen LogP contribution in [0.2, 0.25) is 5.02 Å². The summed E-state index contributed by atoms with van der Waals surface area (Å²) in [5.41, 5.74) is 5.96. The van der Waals surface area contributed by atoms with Crippen molar-refractivity contribution in [3.8, 4) is 0 Å². The number of amides is 1. The lowest BCUT2D eigenvalue weighted by molar-refractivity contribution is 0.0688. The average molecular weight is 517 g/mol. The Hall–Kier alpha value is -2.70. The first kappa shape index (κ1) is 25.9. The summed E-state index contributed by atoms with van der Waals surface area (Å²) in [7, 11) is 0. The van der Waals surface area contributed by atoms with Gasteiger partial charge in [-0.05, 0) is 72.5 Å². The summed E-state index contributed by atoms with van der Waals surface area (Å²) in [4.78, 5) is 20.8. The van der Waals surface area contributed by atoms with Gasteiger partial charge >= 0.3 is 0 Å². The first-order chi connectivity index (χ1) is 18.1. The van der Waals surface area contributed by atoms with E-state index < -0.39 is 0 Å². The van der Waals surface area contributed by atoms with E-state index in [0.29, 0.717) is 6.54 Å². The summed E-state index contributed by atoms with van der Waals surface area (Å²) in [5.74, 6) is 0.130. The fourth-order valence-corrected chi connectivity index (χ4v) is 5.45. The lowest BCUT2D eigenvalue weighted by atomic mass is 9.99. The van der Waals surface area contributed by atoms with Crippen LogP contribution in [0.1, 0.15) is 32.6 Å². The molecule has 2 aliphatic heterocycles. The summed E-state index contributed by atoms with van der Waals surface area (Å²) < 4.78 is 0. The van der Waals surface area contributed by atoms with E-state index in [0.717, 1.165) is 82.3 Å². The third-order valence-corrected chi connectivity index (χ3v) is 7.82. The van der Waals surface area contributed by atoms with Crippen molar-refractivity contribution in [1.29, 1.82) is 0 Å². The van der Waals surface area contributed by atoms with Crippen LogP contribution in [-0.4, -0.2) is 73.0 Å². The minimum atomic E-state index is 0.130. The second-order valence-corrected chi connectivity index (χ2v) is 10.6. The molecule has 3 aromatic carbocycles. The van der Waals surface area contributed by atoms with Gasteiger partial charge < -0.3 is 10.2 Å². The molecular formula is C31H37ClN4O. The molecule has 0 aliphatic carbocycles. The largest absolute Gasteiger partial charge is 0.333 e. The molecule has 0 spiro atoms. The average Bonchev–Trinajstić information content (AvgIpc) is 3.18. The number of nitrogens with zero attached hydrogens (tertiary/aromatic N) is 3. The predicted octanol–water partition coefficient (Wildman–Crippen LogP) is 4.49. The number of benzene rings is 3. The summed E-state index contributed by atoms with van der Waals surface area (Å²) >= 11 is 6.03. The van der Waals surface area contributed by atoms with Crippen molar-refractivity contribution >= 4 is 17.5 Å². The smallest absolute Gasteiger partial charge is 0.254 e. The molecule has 0 saturated carbocycles. The van der Waals surface area contributed by atoms with Gasteiger partial charge in [-0.25, -0.2) is 0 Å². The molecule has 1 saturated heterocycles. The number of hydrogen-bond donors (Lipinski definition) is 1. The standard InChI is InChI=1S/C31H37ClN4O/c32-30-10-6-26(7-11-30)23-35-18-16-34(17-19-35)20-21-36(24-25-4-2-1-3-5-25)31(37)29-9-8-27-12-14-33-15-13-28(27)22-29/h1-11,22,33H,12-21,23-24H2. The van der Waals surface area contributed by atoms with E-state index in [1.165, 1.54) is 22.3 Å². The maximum Gasteiger partial charge on any atom is 0.254 e. The summed E-state index contributed by atoms with van der Waals surface area (Å²) in [6.45, 7) is 9.30. The van der Waals surface area contributed by atoms with Crippen LogP contribution in [0.4, 0.5) is 0 Å². The molecule has 1 N–H and O–H groups in total. The fourth-order valence-electron chi connectivity index (χ4n) is 5.33. The molecule has 0 aromatic heterocycles. The molecule has 0 bridgehead atoms. The molecule has 2 aliphatic rings. The highest BCUT2D eigenvalue weighted by molar-refractivity contribution is 6.30. The second-order valence-electron chi connectivity index (χ2n) is 10.2. The molecule has 194 valence electrons. The zero-order valence-corrected chi connectivity index (χ0v) is 22.3. The molecule has 1 fully saturated rings. The molecule has 5 rings (SSSR count). The van der Waals surface area contributed by atoms with Crippen molar-refractivity contribution in [3.63, 3.8) is 0 Å². The Morgan fingerprint density at radius 2 is 1.51 bits per heavy atom. The van der Waals surface area contributed by atoms with E-state index in [-0.39, 0.29) is 5.91 Å². The maximum atomic E-state index is 13.7. The molecule has 5 nitrogen and oxygen atoms in total. The minimum Gasteiger partial charge on any atom is -0.333 e. The molecule has 1 amide bonds. The second kappa shape index (κ2) is 12.7. The first-order valence-corrected chi connectivity index (χ1v) is 13.9. The number of fused-ring (bicyclic) bond motifs is 1. The number of carbonyl (C=O) groups excluding carboxylic acids is 1. The molecule has 6 heteroatoms. The van der Waals surface area contributed by atoms with Crippen molar-refractivity contribution in [1.82, 2.24) is 20.0 Å². The van der Waals surface area contributed by atoms with Crippen LogP contribution in [-0.2, 0) is 25.9 Å². The maximum absolute atomic E-state index is 13.7. The van der Waals surface area contributed by atoms with E-state index in [1.54, 1.807) is 0 Å². The van der Waals surface area contributed by atoms with Gasteiger partial charge in [-0.15, -0.1) is 0 Å². The van der Waals surface area contributed by atoms with Gasteiger partial charge in [0.05, 0.1) is 0 Å². The lowest BCUT2D eigenvalue weighted by Crippen LogP contribution is -2.48. The topological polar surface area (TPSA) is 38.8 Å². The van der Waals surface area contributed by atoms with Crippen molar-refractivity contribution in [3.05, 3.63) is 106 Å². The highest BCUT2D eigenvalue weighted by atomic mass is 35.5. The van der Waals surface area contributed by atoms with Crippen LogP contribution < -0.4 is 5.32 Å². The molecule has 0 radical (unpaired) electrons. The zero-order chi connectivity index (χ0) is 25.5. The number of hydrogen-bond acceptors (Lipinski definition) is 4. The SMILES string of the molecule is O=C(c1ccc2c(c1)CCNCC2)N(CCN1CCN(Cc2ccc(Cl)cc2)CC1)Cc1ccccc1. The van der Waals surface area contributed by atoms with Gasteiger partial charge in [0.1, 0.15) is 0 Å². The molecular weight excluding hydrogens is 480 g/mol. The predicted molar refractivity (Wildman–Crippen MR) is 151 cm³/mol. The molecule has 2 heterocycles. The normalized spacial score (nSPS) is 16.7. The van der Waals surface area contributed by atoms with Crippen LogP contribution in [0.5, 0.6) is 0 Å². The van der Waals surface area contributed by atoms with Gasteiger partial charge in [0, 0.05) is 62.9 Å². The Balaban J connectivity index is 1.21. The monoisotopic (exact) mass is 516 g/mol. The van der Waals surface area contributed by atoms with Gasteiger partial charge in [-0.1, -0.05) is 60.1 Å². The summed E-state index contributed by atoms with van der Waals surface area (Å²) in [6, 6.07) is 24.8. The van der Waals surface area contributed by atoms with Gasteiger partial charge in [0.2, 0.25) is 0 Å². The molecule has 0 unspecified atom stereocenters. The molecule has 0 atom stereocenters. The van der Waals surface area contributed by atoms with Crippen molar-refractivity contribution in [2.45, 2.75) is 25.9 Å². The van der Waals surface area contributed by atoms with E-state index >= 15 is 0 Å². The van der Waals surface area contributed by atoms with Crippen LogP contribution in [0, 0.1) is 0 Å². The van der Waals surface area contributed by atoms with Crippen LogP contribution in [0.3, 0.4) is 0 Å². The van der Waals surface area contributed by atoms with Crippen molar-refractivity contribution in [2.75, 3.05) is 52.4 Å². The van der Waals surface area contributed by atoms with Gasteiger partial charge in [0.25, 0.3) is 5.91 Å². The Labute approximate surface area is 226 Å². The van der Waals surface area contributed by atoms with E-state index in [2.05, 4.69) is 51.5 Å². The fraction of sp³-hybridized carbons (Fsp3) is 0.387. The van der Waals surface area contributed by atoms with Gasteiger partial charge in [0.15, 0.2) is 0 Å². The van der Waals surface area contributed by atoms with Crippen LogP contribution in [0.15, 0.2) is 72.8 Å². The molecule has 3 aromatic rings. The highest BCUT2D eigenvalue weighted by Gasteiger charge is 2.22. The Morgan fingerprint density at radius 3 is 2.27 bits per heavy atom. The highest BCUT2D eigenvalue weighted by Crippen LogP contribution is 2.19. The number of rotatable bonds is 8. The summed E-state index contributed by atoms with van der Waals surface area (Å²) in [5, 5.41) is 4.25. The van der Waals surface area contributed by atoms with E-state index in [9.17, 15) is 4.79 Å². The number of piperazine rings is 1. The van der Waals surface area contributed by atoms with E-state index in [4.69, 9.17) is 11.6 Å². The van der Waals surface area contributed by atoms with E-state index in [1.807, 2.05) is 41.3 Å². The van der Waals surface area contributed by atoms with Crippen molar-refractivity contribution < 1.29 is 4.79 Å². The Bertz CT molecular complexity index is 1160.